The molecule has 1 amide bonds. The molecule has 0 saturated heterocycles. The summed E-state index contributed by atoms with van der Waals surface area (Å²) in [5.74, 6) is -0.0158. The Morgan fingerprint density at radius 1 is 1.43 bits per heavy atom. The van der Waals surface area contributed by atoms with E-state index in [-0.39, 0.29) is 17.7 Å². The van der Waals surface area contributed by atoms with Crippen LogP contribution in [0.1, 0.15) is 20.8 Å². The normalized spacial score (nSPS) is 14.3. The number of aromatic amines is 1. The SMILES string of the molecule is CC(C)C(C)NC(=O)CS(=O)c1nc2ccc(N)cc2[nH]1. The van der Waals surface area contributed by atoms with E-state index in [9.17, 15) is 9.00 Å². The molecule has 2 atom stereocenters. The monoisotopic (exact) mass is 308 g/mol. The van der Waals surface area contributed by atoms with Crippen LogP contribution >= 0.6 is 0 Å². The zero-order chi connectivity index (χ0) is 15.6. The minimum absolute atomic E-state index is 0.0463. The highest BCUT2D eigenvalue weighted by atomic mass is 32.2. The molecular formula is C14H20N4O2S. The van der Waals surface area contributed by atoms with Gasteiger partial charge in [-0.05, 0) is 31.0 Å². The summed E-state index contributed by atoms with van der Waals surface area (Å²) < 4.78 is 12.2. The van der Waals surface area contributed by atoms with Gasteiger partial charge in [0.1, 0.15) is 5.75 Å². The summed E-state index contributed by atoms with van der Waals surface area (Å²) in [7, 11) is -1.50. The van der Waals surface area contributed by atoms with Crippen LogP contribution in [0.5, 0.6) is 0 Å². The van der Waals surface area contributed by atoms with Crippen LogP contribution in [0.15, 0.2) is 23.4 Å². The number of nitrogen functional groups attached to an aromatic ring is 1. The number of nitrogens with two attached hydrogens (primary N) is 1. The van der Waals surface area contributed by atoms with Crippen molar-refractivity contribution in [1.29, 1.82) is 0 Å². The first-order valence-corrected chi connectivity index (χ1v) is 8.11. The summed E-state index contributed by atoms with van der Waals surface area (Å²) in [5, 5.41) is 3.12. The Morgan fingerprint density at radius 3 is 2.81 bits per heavy atom. The number of hydrogen-bond acceptors (Lipinski definition) is 4. The van der Waals surface area contributed by atoms with Gasteiger partial charge in [-0.25, -0.2) is 4.98 Å². The smallest absolute Gasteiger partial charge is 0.233 e. The molecule has 1 aromatic heterocycles. The molecule has 114 valence electrons. The number of aromatic nitrogens is 2. The lowest BCUT2D eigenvalue weighted by atomic mass is 10.1. The highest BCUT2D eigenvalue weighted by Crippen LogP contribution is 2.16. The van der Waals surface area contributed by atoms with Crippen LogP contribution in [-0.4, -0.2) is 31.9 Å². The van der Waals surface area contributed by atoms with Crippen LogP contribution in [0.4, 0.5) is 5.69 Å². The average molecular weight is 308 g/mol. The van der Waals surface area contributed by atoms with E-state index < -0.39 is 10.8 Å². The molecule has 0 aliphatic heterocycles. The number of anilines is 1. The number of hydrogen-bond donors (Lipinski definition) is 3. The highest BCUT2D eigenvalue weighted by Gasteiger charge is 2.17. The molecule has 6 nitrogen and oxygen atoms in total. The zero-order valence-electron chi connectivity index (χ0n) is 12.3. The van der Waals surface area contributed by atoms with Crippen LogP contribution < -0.4 is 11.1 Å². The molecule has 0 spiro atoms. The van der Waals surface area contributed by atoms with Gasteiger partial charge in [-0.2, -0.15) is 0 Å². The molecule has 4 N–H and O–H groups in total. The third-order valence-corrected chi connectivity index (χ3v) is 4.50. The molecule has 2 rings (SSSR count). The summed E-state index contributed by atoms with van der Waals surface area (Å²) in [5.41, 5.74) is 7.69. The number of nitrogens with one attached hydrogen (secondary N) is 2. The van der Waals surface area contributed by atoms with Gasteiger partial charge in [-0.15, -0.1) is 0 Å². The van der Waals surface area contributed by atoms with Crippen molar-refractivity contribution < 1.29 is 9.00 Å². The maximum atomic E-state index is 12.2. The lowest BCUT2D eigenvalue weighted by Gasteiger charge is -2.16. The number of fused-ring (bicyclic) bond motifs is 1. The van der Waals surface area contributed by atoms with Crippen molar-refractivity contribution in [3.8, 4) is 0 Å². The van der Waals surface area contributed by atoms with E-state index in [2.05, 4.69) is 15.3 Å². The first-order valence-electron chi connectivity index (χ1n) is 6.80. The number of carbonyl (C=O) groups excluding carboxylic acids is 1. The largest absolute Gasteiger partial charge is 0.399 e. The molecule has 2 aromatic rings. The van der Waals surface area contributed by atoms with Crippen LogP contribution in [-0.2, 0) is 15.6 Å². The lowest BCUT2D eigenvalue weighted by Crippen LogP contribution is -2.38. The lowest BCUT2D eigenvalue weighted by molar-refractivity contribution is -0.119. The summed E-state index contributed by atoms with van der Waals surface area (Å²) >= 11 is 0. The van der Waals surface area contributed by atoms with E-state index in [1.54, 1.807) is 18.2 Å². The predicted molar refractivity (Wildman–Crippen MR) is 84.2 cm³/mol. The third-order valence-electron chi connectivity index (χ3n) is 3.35. The fourth-order valence-electron chi connectivity index (χ4n) is 1.76. The Morgan fingerprint density at radius 2 is 2.14 bits per heavy atom. The van der Waals surface area contributed by atoms with Crippen LogP contribution in [0.2, 0.25) is 0 Å². The van der Waals surface area contributed by atoms with Gasteiger partial charge in [0.25, 0.3) is 0 Å². The second-order valence-corrected chi connectivity index (χ2v) is 6.78. The summed E-state index contributed by atoms with van der Waals surface area (Å²) in [4.78, 5) is 19.0. The predicted octanol–water partition coefficient (Wildman–Crippen LogP) is 1.41. The van der Waals surface area contributed by atoms with Gasteiger partial charge in [0.2, 0.25) is 5.91 Å². The fourth-order valence-corrected chi connectivity index (χ4v) is 2.64. The van der Waals surface area contributed by atoms with Gasteiger partial charge in [0.05, 0.1) is 21.8 Å². The molecule has 1 aromatic carbocycles. The van der Waals surface area contributed by atoms with Crippen molar-refractivity contribution in [2.45, 2.75) is 32.0 Å². The van der Waals surface area contributed by atoms with Gasteiger partial charge >= 0.3 is 0 Å². The molecule has 1 heterocycles. The Bertz CT molecular complexity index is 681. The van der Waals surface area contributed by atoms with Crippen molar-refractivity contribution in [1.82, 2.24) is 15.3 Å². The van der Waals surface area contributed by atoms with Crippen molar-refractivity contribution in [3.63, 3.8) is 0 Å². The quantitative estimate of drug-likeness (QED) is 0.727. The number of carbonyl (C=O) groups is 1. The topological polar surface area (TPSA) is 101 Å². The molecule has 7 heteroatoms. The van der Waals surface area contributed by atoms with E-state index >= 15 is 0 Å². The van der Waals surface area contributed by atoms with E-state index in [0.717, 1.165) is 0 Å². The van der Waals surface area contributed by atoms with E-state index in [4.69, 9.17) is 5.73 Å². The molecular weight excluding hydrogens is 288 g/mol. The summed E-state index contributed by atoms with van der Waals surface area (Å²) in [6.45, 7) is 5.96. The molecule has 0 saturated carbocycles. The third kappa shape index (κ3) is 3.81. The van der Waals surface area contributed by atoms with E-state index in [1.165, 1.54) is 0 Å². The molecule has 21 heavy (non-hydrogen) atoms. The Labute approximate surface area is 126 Å². The molecule has 0 aliphatic rings. The number of amides is 1. The van der Waals surface area contributed by atoms with Crippen LogP contribution in [0.25, 0.3) is 11.0 Å². The maximum Gasteiger partial charge on any atom is 0.233 e. The minimum atomic E-state index is -1.50. The Balaban J connectivity index is 2.06. The number of H-pyrrole nitrogens is 1. The zero-order valence-corrected chi connectivity index (χ0v) is 13.2. The standard InChI is InChI=1S/C14H20N4O2S/c1-8(2)9(3)16-13(19)7-21(20)14-17-11-5-4-10(15)6-12(11)18-14/h4-6,8-9H,7,15H2,1-3H3,(H,16,19)(H,17,18). The van der Waals surface area contributed by atoms with Crippen molar-refractivity contribution in [3.05, 3.63) is 18.2 Å². The van der Waals surface area contributed by atoms with Crippen molar-refractivity contribution in [2.75, 3.05) is 11.5 Å². The Hall–Kier alpha value is -1.89. The molecule has 0 radical (unpaired) electrons. The first kappa shape index (κ1) is 15.5. The second-order valence-electron chi connectivity index (χ2n) is 5.41. The summed E-state index contributed by atoms with van der Waals surface area (Å²) in [6, 6.07) is 5.25. The molecule has 0 fully saturated rings. The number of imidazole rings is 1. The first-order chi connectivity index (χ1) is 9.86. The number of nitrogens with zero attached hydrogens (tertiary/aromatic N) is 1. The van der Waals surface area contributed by atoms with Crippen molar-refractivity contribution in [2.24, 2.45) is 5.92 Å². The number of benzene rings is 1. The Kier molecular flexibility index (Phi) is 4.62. The van der Waals surface area contributed by atoms with Gasteiger partial charge in [-0.3, -0.25) is 9.00 Å². The van der Waals surface area contributed by atoms with Crippen molar-refractivity contribution >= 4 is 33.4 Å². The molecule has 0 aliphatic carbocycles. The fraction of sp³-hybridized carbons (Fsp3) is 0.429. The van der Waals surface area contributed by atoms with Gasteiger partial charge in [0.15, 0.2) is 5.16 Å². The maximum absolute atomic E-state index is 12.2. The number of rotatable bonds is 5. The van der Waals surface area contributed by atoms with Crippen LogP contribution in [0.3, 0.4) is 0 Å². The summed E-state index contributed by atoms with van der Waals surface area (Å²) in [6.07, 6.45) is 0. The van der Waals surface area contributed by atoms with Crippen LogP contribution in [0, 0.1) is 5.92 Å². The van der Waals surface area contributed by atoms with Gasteiger partial charge in [0, 0.05) is 11.7 Å². The van der Waals surface area contributed by atoms with Gasteiger partial charge < -0.3 is 16.0 Å². The van der Waals surface area contributed by atoms with E-state index in [1.807, 2.05) is 20.8 Å². The molecule has 0 bridgehead atoms. The molecule has 2 unspecified atom stereocenters. The second kappa shape index (κ2) is 6.26. The average Bonchev–Trinajstić information content (AvgIpc) is 2.81. The van der Waals surface area contributed by atoms with Gasteiger partial charge in [-0.1, -0.05) is 13.8 Å². The van der Waals surface area contributed by atoms with E-state index in [0.29, 0.717) is 27.8 Å². The highest BCUT2D eigenvalue weighted by molar-refractivity contribution is 7.85. The minimum Gasteiger partial charge on any atom is -0.399 e.